The first-order valence-corrected chi connectivity index (χ1v) is 10.5. The van der Waals surface area contributed by atoms with Crippen molar-refractivity contribution in [3.05, 3.63) is 79.7 Å². The SMILES string of the molecule is CCOc1cc(CNCc2cccs2)c(Cl)cc1OCc1c(F)cccc1Cl. The van der Waals surface area contributed by atoms with E-state index in [4.69, 9.17) is 32.7 Å². The highest BCUT2D eigenvalue weighted by atomic mass is 35.5. The van der Waals surface area contributed by atoms with Gasteiger partial charge >= 0.3 is 0 Å². The molecule has 0 aliphatic heterocycles. The molecule has 1 heterocycles. The summed E-state index contributed by atoms with van der Waals surface area (Å²) in [4.78, 5) is 1.25. The zero-order valence-electron chi connectivity index (χ0n) is 15.3. The van der Waals surface area contributed by atoms with E-state index < -0.39 is 5.82 Å². The molecule has 0 atom stereocenters. The van der Waals surface area contributed by atoms with Crippen LogP contribution in [-0.2, 0) is 19.7 Å². The molecule has 1 aromatic heterocycles. The third-order valence-corrected chi connectivity index (χ3v) is 5.62. The molecule has 0 bridgehead atoms. The maximum absolute atomic E-state index is 14.0. The Morgan fingerprint density at radius 2 is 1.82 bits per heavy atom. The quantitative estimate of drug-likeness (QED) is 0.414. The van der Waals surface area contributed by atoms with Crippen LogP contribution in [0.3, 0.4) is 0 Å². The van der Waals surface area contributed by atoms with Gasteiger partial charge in [0.1, 0.15) is 12.4 Å². The lowest BCUT2D eigenvalue weighted by Crippen LogP contribution is -2.12. The second-order valence-electron chi connectivity index (χ2n) is 6.00. The van der Waals surface area contributed by atoms with E-state index in [2.05, 4.69) is 11.4 Å². The van der Waals surface area contributed by atoms with Gasteiger partial charge in [-0.15, -0.1) is 11.3 Å². The molecular weight excluding hydrogens is 420 g/mol. The molecule has 148 valence electrons. The average molecular weight is 440 g/mol. The second-order valence-corrected chi connectivity index (χ2v) is 7.84. The zero-order chi connectivity index (χ0) is 19.9. The minimum Gasteiger partial charge on any atom is -0.490 e. The van der Waals surface area contributed by atoms with Crippen LogP contribution in [0.4, 0.5) is 4.39 Å². The summed E-state index contributed by atoms with van der Waals surface area (Å²) in [5, 5.41) is 6.29. The van der Waals surface area contributed by atoms with Crippen molar-refractivity contribution >= 4 is 34.5 Å². The van der Waals surface area contributed by atoms with Crippen LogP contribution < -0.4 is 14.8 Å². The lowest BCUT2D eigenvalue weighted by molar-refractivity contribution is 0.265. The van der Waals surface area contributed by atoms with E-state index in [-0.39, 0.29) is 6.61 Å². The van der Waals surface area contributed by atoms with E-state index in [1.54, 1.807) is 29.5 Å². The number of benzene rings is 2. The van der Waals surface area contributed by atoms with E-state index in [9.17, 15) is 4.39 Å². The predicted octanol–water partition coefficient (Wildman–Crippen LogP) is 6.46. The third kappa shape index (κ3) is 5.39. The molecule has 0 spiro atoms. The van der Waals surface area contributed by atoms with Crippen molar-refractivity contribution in [2.75, 3.05) is 6.61 Å². The zero-order valence-corrected chi connectivity index (χ0v) is 17.6. The summed E-state index contributed by atoms with van der Waals surface area (Å²) in [5.41, 5.74) is 1.20. The Morgan fingerprint density at radius 1 is 1.00 bits per heavy atom. The van der Waals surface area contributed by atoms with Gasteiger partial charge in [0, 0.05) is 34.6 Å². The fourth-order valence-corrected chi connectivity index (χ4v) is 3.76. The van der Waals surface area contributed by atoms with Crippen molar-refractivity contribution in [3.63, 3.8) is 0 Å². The van der Waals surface area contributed by atoms with E-state index >= 15 is 0 Å². The van der Waals surface area contributed by atoms with Crippen LogP contribution in [0.25, 0.3) is 0 Å². The molecule has 1 N–H and O–H groups in total. The van der Waals surface area contributed by atoms with Gasteiger partial charge in [-0.3, -0.25) is 0 Å². The van der Waals surface area contributed by atoms with Crippen LogP contribution in [0, 0.1) is 5.82 Å². The van der Waals surface area contributed by atoms with Crippen LogP contribution in [0.5, 0.6) is 11.5 Å². The highest BCUT2D eigenvalue weighted by Gasteiger charge is 2.14. The molecule has 0 aliphatic carbocycles. The predicted molar refractivity (Wildman–Crippen MR) is 113 cm³/mol. The Hall–Kier alpha value is -1.79. The Kier molecular flexibility index (Phi) is 7.57. The maximum atomic E-state index is 14.0. The van der Waals surface area contributed by atoms with Crippen molar-refractivity contribution in [3.8, 4) is 11.5 Å². The molecule has 3 aromatic rings. The Labute approximate surface area is 178 Å². The monoisotopic (exact) mass is 439 g/mol. The van der Waals surface area contributed by atoms with Gasteiger partial charge < -0.3 is 14.8 Å². The molecule has 0 amide bonds. The van der Waals surface area contributed by atoms with Crippen LogP contribution >= 0.6 is 34.5 Å². The van der Waals surface area contributed by atoms with Crippen molar-refractivity contribution in [1.82, 2.24) is 5.32 Å². The topological polar surface area (TPSA) is 30.5 Å². The van der Waals surface area contributed by atoms with Crippen molar-refractivity contribution < 1.29 is 13.9 Å². The lowest BCUT2D eigenvalue weighted by atomic mass is 10.2. The van der Waals surface area contributed by atoms with Crippen LogP contribution in [0.1, 0.15) is 22.9 Å². The minimum atomic E-state index is -0.411. The first kappa shape index (κ1) is 20.9. The highest BCUT2D eigenvalue weighted by molar-refractivity contribution is 7.09. The lowest BCUT2D eigenvalue weighted by Gasteiger charge is -2.16. The third-order valence-electron chi connectivity index (χ3n) is 4.04. The Balaban J connectivity index is 1.72. The van der Waals surface area contributed by atoms with Crippen molar-refractivity contribution in [2.24, 2.45) is 0 Å². The van der Waals surface area contributed by atoms with Crippen molar-refractivity contribution in [2.45, 2.75) is 26.6 Å². The van der Waals surface area contributed by atoms with E-state index in [0.717, 1.165) is 12.1 Å². The standard InChI is InChI=1S/C21H20Cl2FNO2S/c1-2-26-20-9-14(11-25-12-15-5-4-8-28-15)18(23)10-21(20)27-13-16-17(22)6-3-7-19(16)24/h3-10,25H,2,11-13H2,1H3. The first-order valence-electron chi connectivity index (χ1n) is 8.82. The second kappa shape index (κ2) is 10.1. The van der Waals surface area contributed by atoms with Gasteiger partial charge in [0.05, 0.1) is 11.6 Å². The number of thiophene rings is 1. The van der Waals surface area contributed by atoms with Gasteiger partial charge in [-0.1, -0.05) is 35.3 Å². The minimum absolute atomic E-state index is 0.0160. The molecule has 3 nitrogen and oxygen atoms in total. The molecule has 0 unspecified atom stereocenters. The van der Waals surface area contributed by atoms with E-state index in [1.807, 2.05) is 24.4 Å². The van der Waals surface area contributed by atoms with E-state index in [1.165, 1.54) is 10.9 Å². The Morgan fingerprint density at radius 3 is 2.54 bits per heavy atom. The fourth-order valence-electron chi connectivity index (χ4n) is 2.65. The molecular formula is C21H20Cl2FNO2S. The number of halogens is 3. The molecule has 2 aromatic carbocycles. The summed E-state index contributed by atoms with van der Waals surface area (Å²) in [6, 6.07) is 12.2. The normalized spacial score (nSPS) is 10.9. The van der Waals surface area contributed by atoms with Gasteiger partial charge in [0.25, 0.3) is 0 Å². The molecule has 0 radical (unpaired) electrons. The van der Waals surface area contributed by atoms with Gasteiger partial charge in [-0.05, 0) is 42.1 Å². The maximum Gasteiger partial charge on any atom is 0.163 e. The molecule has 0 aliphatic rings. The fraction of sp³-hybridized carbons (Fsp3) is 0.238. The number of rotatable bonds is 9. The highest BCUT2D eigenvalue weighted by Crippen LogP contribution is 2.35. The molecule has 3 rings (SSSR count). The number of ether oxygens (including phenoxy) is 2. The van der Waals surface area contributed by atoms with Gasteiger partial charge in [0.15, 0.2) is 11.5 Å². The summed E-state index contributed by atoms with van der Waals surface area (Å²) >= 11 is 14.2. The van der Waals surface area contributed by atoms with Crippen LogP contribution in [-0.4, -0.2) is 6.61 Å². The molecule has 0 fully saturated rings. The summed E-state index contributed by atoms with van der Waals surface area (Å²) in [6.45, 7) is 3.71. The summed E-state index contributed by atoms with van der Waals surface area (Å²) in [5.74, 6) is 0.603. The van der Waals surface area contributed by atoms with Gasteiger partial charge in [0.2, 0.25) is 0 Å². The number of hydrogen-bond donors (Lipinski definition) is 1. The van der Waals surface area contributed by atoms with Crippen molar-refractivity contribution in [1.29, 1.82) is 0 Å². The molecule has 28 heavy (non-hydrogen) atoms. The average Bonchev–Trinajstić information content (AvgIpc) is 3.18. The summed E-state index contributed by atoms with van der Waals surface area (Å²) < 4.78 is 25.5. The van der Waals surface area contributed by atoms with Gasteiger partial charge in [-0.2, -0.15) is 0 Å². The molecule has 7 heteroatoms. The first-order chi connectivity index (χ1) is 13.6. The van der Waals surface area contributed by atoms with Crippen LogP contribution in [0.15, 0.2) is 47.8 Å². The molecule has 0 saturated heterocycles. The summed E-state index contributed by atoms with van der Waals surface area (Å²) in [6.07, 6.45) is 0. The number of hydrogen-bond acceptors (Lipinski definition) is 4. The largest absolute Gasteiger partial charge is 0.490 e. The van der Waals surface area contributed by atoms with Gasteiger partial charge in [-0.25, -0.2) is 4.39 Å². The number of nitrogens with one attached hydrogen (secondary N) is 1. The van der Waals surface area contributed by atoms with E-state index in [0.29, 0.717) is 40.3 Å². The Bertz CT molecular complexity index is 899. The molecule has 0 saturated carbocycles. The van der Waals surface area contributed by atoms with Crippen LogP contribution in [0.2, 0.25) is 10.0 Å². The smallest absolute Gasteiger partial charge is 0.163 e. The summed E-state index contributed by atoms with van der Waals surface area (Å²) in [7, 11) is 0.